The Hall–Kier alpha value is -3.15. The van der Waals surface area contributed by atoms with Crippen LogP contribution in [0.25, 0.3) is 0 Å². The summed E-state index contributed by atoms with van der Waals surface area (Å²) in [6.07, 6.45) is -3.05. The maximum atomic E-state index is 13.0. The number of aliphatic imine (C=N–C) groups is 1. The van der Waals surface area contributed by atoms with E-state index in [-0.39, 0.29) is 23.9 Å². The van der Waals surface area contributed by atoms with Gasteiger partial charge in [0, 0.05) is 12.3 Å². The van der Waals surface area contributed by atoms with Crippen LogP contribution in [0.5, 0.6) is 17.2 Å². The molecule has 0 amide bonds. The SMILES string of the molecule is CCOc1cc(C=Nc2cc(C)ccc2C)cc(I)c1Oc1ccc(C(F)(F)F)cc1[N+](=O)[O-]. The van der Waals surface area contributed by atoms with E-state index in [1.54, 1.807) is 25.3 Å². The van der Waals surface area contributed by atoms with Gasteiger partial charge in [0.15, 0.2) is 11.5 Å². The van der Waals surface area contributed by atoms with Gasteiger partial charge in [-0.15, -0.1) is 0 Å². The number of halogens is 4. The Balaban J connectivity index is 2.00. The Bertz CT molecular complexity index is 1260. The van der Waals surface area contributed by atoms with E-state index in [0.717, 1.165) is 28.9 Å². The summed E-state index contributed by atoms with van der Waals surface area (Å²) in [5, 5.41) is 11.4. The molecule has 0 radical (unpaired) electrons. The molecule has 3 rings (SSSR count). The van der Waals surface area contributed by atoms with Crippen LogP contribution in [0.15, 0.2) is 53.5 Å². The van der Waals surface area contributed by atoms with Gasteiger partial charge in [0.1, 0.15) is 0 Å². The van der Waals surface area contributed by atoms with Gasteiger partial charge in [-0.25, -0.2) is 0 Å². The van der Waals surface area contributed by atoms with Crippen molar-refractivity contribution in [3.63, 3.8) is 0 Å². The minimum Gasteiger partial charge on any atom is -0.490 e. The van der Waals surface area contributed by atoms with Crippen LogP contribution < -0.4 is 9.47 Å². The van der Waals surface area contributed by atoms with Crippen molar-refractivity contribution >= 4 is 40.2 Å². The maximum Gasteiger partial charge on any atom is 0.416 e. The predicted octanol–water partition coefficient (Wildman–Crippen LogP) is 7.78. The van der Waals surface area contributed by atoms with E-state index in [1.165, 1.54) is 0 Å². The number of nitrogens with zero attached hydrogens (tertiary/aromatic N) is 2. The summed E-state index contributed by atoms with van der Waals surface area (Å²) < 4.78 is 50.9. The first-order valence-corrected chi connectivity index (χ1v) is 11.2. The lowest BCUT2D eigenvalue weighted by atomic mass is 10.1. The van der Waals surface area contributed by atoms with Crippen molar-refractivity contribution in [3.8, 4) is 17.2 Å². The normalized spacial score (nSPS) is 11.6. The molecule has 34 heavy (non-hydrogen) atoms. The minimum absolute atomic E-state index is 0.161. The van der Waals surface area contributed by atoms with Crippen molar-refractivity contribution in [3.05, 3.63) is 84.5 Å². The number of rotatable bonds is 7. The van der Waals surface area contributed by atoms with Gasteiger partial charge < -0.3 is 9.47 Å². The quantitative estimate of drug-likeness (QED) is 0.123. The minimum atomic E-state index is -4.72. The van der Waals surface area contributed by atoms with Crippen molar-refractivity contribution in [1.29, 1.82) is 0 Å². The van der Waals surface area contributed by atoms with Crippen molar-refractivity contribution < 1.29 is 27.6 Å². The fraction of sp³-hybridized carbons (Fsp3) is 0.208. The standard InChI is InChI=1S/C24H20F3IN2O4/c1-4-33-22-11-16(13-29-19-9-14(2)5-6-15(19)3)10-18(28)23(22)34-21-8-7-17(24(25,26)27)12-20(21)30(31)32/h5-13H,4H2,1-3H3. The summed E-state index contributed by atoms with van der Waals surface area (Å²) in [4.78, 5) is 15.0. The highest BCUT2D eigenvalue weighted by Crippen LogP contribution is 2.42. The summed E-state index contributed by atoms with van der Waals surface area (Å²) in [5.41, 5.74) is 1.66. The summed E-state index contributed by atoms with van der Waals surface area (Å²) in [6.45, 7) is 5.96. The zero-order chi connectivity index (χ0) is 25.0. The second kappa shape index (κ2) is 10.4. The van der Waals surface area contributed by atoms with Gasteiger partial charge in [-0.2, -0.15) is 13.2 Å². The van der Waals surface area contributed by atoms with E-state index in [1.807, 2.05) is 54.6 Å². The van der Waals surface area contributed by atoms with Crippen LogP contribution in [-0.2, 0) is 6.18 Å². The average molecular weight is 584 g/mol. The number of nitro groups is 1. The van der Waals surface area contributed by atoms with Crippen LogP contribution in [0.1, 0.15) is 29.2 Å². The van der Waals surface area contributed by atoms with Crippen LogP contribution in [0, 0.1) is 27.5 Å². The third-order valence-corrected chi connectivity index (χ3v) is 5.55. The molecular formula is C24H20F3IN2O4. The smallest absolute Gasteiger partial charge is 0.416 e. The van der Waals surface area contributed by atoms with Crippen LogP contribution in [0.3, 0.4) is 0 Å². The molecule has 0 aromatic heterocycles. The molecule has 0 aliphatic carbocycles. The largest absolute Gasteiger partial charge is 0.490 e. The molecule has 0 saturated heterocycles. The third kappa shape index (κ3) is 6.04. The molecule has 0 unspecified atom stereocenters. The average Bonchev–Trinajstić information content (AvgIpc) is 2.76. The van der Waals surface area contributed by atoms with Gasteiger partial charge >= 0.3 is 11.9 Å². The van der Waals surface area contributed by atoms with E-state index < -0.39 is 22.4 Å². The molecule has 0 N–H and O–H groups in total. The Labute approximate surface area is 207 Å². The second-order valence-corrected chi connectivity index (χ2v) is 8.51. The molecule has 0 saturated carbocycles. The second-order valence-electron chi connectivity index (χ2n) is 7.35. The van der Waals surface area contributed by atoms with Gasteiger partial charge in [-0.3, -0.25) is 15.1 Å². The van der Waals surface area contributed by atoms with E-state index >= 15 is 0 Å². The first kappa shape index (κ1) is 25.5. The number of hydrogen-bond donors (Lipinski definition) is 0. The molecule has 3 aromatic rings. The Kier molecular flexibility index (Phi) is 7.80. The topological polar surface area (TPSA) is 74.0 Å². The number of alkyl halides is 3. The van der Waals surface area contributed by atoms with Gasteiger partial charge in [-0.1, -0.05) is 12.1 Å². The van der Waals surface area contributed by atoms with E-state index in [4.69, 9.17) is 9.47 Å². The number of aryl methyl sites for hydroxylation is 2. The molecule has 178 valence electrons. The fourth-order valence-corrected chi connectivity index (χ4v) is 3.80. The first-order chi connectivity index (χ1) is 16.0. The molecule has 0 bridgehead atoms. The summed E-state index contributed by atoms with van der Waals surface area (Å²) in [6, 6.07) is 11.5. The Morgan fingerprint density at radius 2 is 1.82 bits per heavy atom. The lowest BCUT2D eigenvalue weighted by molar-refractivity contribution is -0.385. The lowest BCUT2D eigenvalue weighted by Gasteiger charge is -2.15. The van der Waals surface area contributed by atoms with E-state index in [2.05, 4.69) is 4.99 Å². The van der Waals surface area contributed by atoms with Crippen molar-refractivity contribution in [2.75, 3.05) is 6.61 Å². The van der Waals surface area contributed by atoms with Crippen molar-refractivity contribution in [2.45, 2.75) is 26.9 Å². The van der Waals surface area contributed by atoms with Crippen LogP contribution in [0.2, 0.25) is 0 Å². The maximum absolute atomic E-state index is 13.0. The Morgan fingerprint density at radius 1 is 1.09 bits per heavy atom. The van der Waals surface area contributed by atoms with Gasteiger partial charge in [-0.05, 0) is 90.4 Å². The summed E-state index contributed by atoms with van der Waals surface area (Å²) in [5.74, 6) is 0.119. The third-order valence-electron chi connectivity index (χ3n) is 4.74. The Morgan fingerprint density at radius 3 is 2.47 bits per heavy atom. The highest BCUT2D eigenvalue weighted by atomic mass is 127. The summed E-state index contributed by atoms with van der Waals surface area (Å²) >= 11 is 1.98. The van der Waals surface area contributed by atoms with E-state index in [0.29, 0.717) is 15.2 Å². The molecule has 10 heteroatoms. The first-order valence-electron chi connectivity index (χ1n) is 10.1. The molecule has 0 spiro atoms. The molecule has 3 aromatic carbocycles. The molecule has 6 nitrogen and oxygen atoms in total. The van der Waals surface area contributed by atoms with Crippen LogP contribution in [-0.4, -0.2) is 17.7 Å². The number of hydrogen-bond acceptors (Lipinski definition) is 5. The number of ether oxygens (including phenoxy) is 2. The van der Waals surface area contributed by atoms with Crippen LogP contribution in [0.4, 0.5) is 24.5 Å². The highest BCUT2D eigenvalue weighted by molar-refractivity contribution is 14.1. The van der Waals surface area contributed by atoms with Gasteiger partial charge in [0.05, 0.1) is 26.4 Å². The zero-order valence-corrected chi connectivity index (χ0v) is 20.6. The summed E-state index contributed by atoms with van der Waals surface area (Å²) in [7, 11) is 0. The van der Waals surface area contributed by atoms with Crippen LogP contribution >= 0.6 is 22.6 Å². The fourth-order valence-electron chi connectivity index (χ4n) is 3.06. The monoisotopic (exact) mass is 584 g/mol. The van der Waals surface area contributed by atoms with Gasteiger partial charge in [0.25, 0.3) is 0 Å². The zero-order valence-electron chi connectivity index (χ0n) is 18.4. The van der Waals surface area contributed by atoms with Crippen molar-refractivity contribution in [1.82, 2.24) is 0 Å². The molecule has 0 fully saturated rings. The van der Waals surface area contributed by atoms with Crippen molar-refractivity contribution in [2.24, 2.45) is 4.99 Å². The molecule has 0 aliphatic heterocycles. The molecule has 0 aliphatic rings. The number of benzene rings is 3. The number of nitro benzene ring substituents is 1. The van der Waals surface area contributed by atoms with Gasteiger partial charge in [0.2, 0.25) is 5.75 Å². The van der Waals surface area contributed by atoms with E-state index in [9.17, 15) is 23.3 Å². The molecular weight excluding hydrogens is 564 g/mol. The molecule has 0 heterocycles. The predicted molar refractivity (Wildman–Crippen MR) is 132 cm³/mol. The highest BCUT2D eigenvalue weighted by Gasteiger charge is 2.33. The lowest BCUT2D eigenvalue weighted by Crippen LogP contribution is -2.06. The molecule has 0 atom stereocenters.